The second-order valence-electron chi connectivity index (χ2n) is 3.80. The fourth-order valence-corrected chi connectivity index (χ4v) is 2.41. The SMILES string of the molecule is CON=C1CC2CCC(C1)N2C.Cl. The number of oxime groups is 1. The Labute approximate surface area is 85.5 Å². The molecular weight excluding hydrogens is 188 g/mol. The molecule has 2 aliphatic rings. The standard InChI is InChI=1S/C9H16N2O.ClH/c1-11-8-3-4-9(11)6-7(5-8)10-12-2;/h8-9H,3-6H2,1-2H3;1H. The number of rotatable bonds is 1. The van der Waals surface area contributed by atoms with Crippen molar-refractivity contribution in [3.63, 3.8) is 0 Å². The van der Waals surface area contributed by atoms with Gasteiger partial charge in [0.2, 0.25) is 0 Å². The van der Waals surface area contributed by atoms with Gasteiger partial charge in [-0.2, -0.15) is 0 Å². The van der Waals surface area contributed by atoms with Gasteiger partial charge in [-0.05, 0) is 19.9 Å². The van der Waals surface area contributed by atoms with Gasteiger partial charge in [-0.15, -0.1) is 12.4 Å². The van der Waals surface area contributed by atoms with Crippen LogP contribution in [-0.2, 0) is 4.84 Å². The highest BCUT2D eigenvalue weighted by molar-refractivity contribution is 5.86. The minimum absolute atomic E-state index is 0. The van der Waals surface area contributed by atoms with Crippen LogP contribution in [0.5, 0.6) is 0 Å². The Morgan fingerprint density at radius 2 is 1.85 bits per heavy atom. The molecule has 0 N–H and O–H groups in total. The number of nitrogens with zero attached hydrogens (tertiary/aromatic N) is 2. The molecule has 0 aromatic carbocycles. The molecule has 2 aliphatic heterocycles. The van der Waals surface area contributed by atoms with Crippen LogP contribution in [0.2, 0.25) is 0 Å². The van der Waals surface area contributed by atoms with E-state index in [2.05, 4.69) is 17.1 Å². The van der Waals surface area contributed by atoms with Crippen molar-refractivity contribution in [3.8, 4) is 0 Å². The molecule has 2 bridgehead atoms. The third-order valence-corrected chi connectivity index (χ3v) is 3.15. The maximum atomic E-state index is 4.81. The van der Waals surface area contributed by atoms with Crippen LogP contribution in [-0.4, -0.2) is 36.9 Å². The van der Waals surface area contributed by atoms with Crippen LogP contribution in [0.3, 0.4) is 0 Å². The lowest BCUT2D eigenvalue weighted by Crippen LogP contribution is -2.40. The van der Waals surface area contributed by atoms with Crippen molar-refractivity contribution in [3.05, 3.63) is 0 Å². The van der Waals surface area contributed by atoms with Crippen molar-refractivity contribution in [1.29, 1.82) is 0 Å². The first kappa shape index (κ1) is 10.8. The van der Waals surface area contributed by atoms with Crippen molar-refractivity contribution in [2.24, 2.45) is 5.16 Å². The number of piperidine rings is 1. The van der Waals surface area contributed by atoms with Gasteiger partial charge >= 0.3 is 0 Å². The summed E-state index contributed by atoms with van der Waals surface area (Å²) < 4.78 is 0. The molecular formula is C9H17ClN2O. The molecule has 13 heavy (non-hydrogen) atoms. The second-order valence-corrected chi connectivity index (χ2v) is 3.80. The van der Waals surface area contributed by atoms with Crippen molar-refractivity contribution in [2.45, 2.75) is 37.8 Å². The zero-order valence-corrected chi connectivity index (χ0v) is 9.01. The van der Waals surface area contributed by atoms with Gasteiger partial charge in [0.05, 0.1) is 5.71 Å². The second kappa shape index (κ2) is 4.29. The smallest absolute Gasteiger partial charge is 0.106 e. The Morgan fingerprint density at radius 3 is 2.31 bits per heavy atom. The van der Waals surface area contributed by atoms with Crippen molar-refractivity contribution in [1.82, 2.24) is 4.90 Å². The van der Waals surface area contributed by atoms with E-state index >= 15 is 0 Å². The molecule has 0 radical (unpaired) electrons. The molecule has 2 fully saturated rings. The summed E-state index contributed by atoms with van der Waals surface area (Å²) in [4.78, 5) is 7.31. The minimum atomic E-state index is 0. The third kappa shape index (κ3) is 1.97. The maximum Gasteiger partial charge on any atom is 0.106 e. The lowest BCUT2D eigenvalue weighted by atomic mass is 10.0. The monoisotopic (exact) mass is 204 g/mol. The summed E-state index contributed by atoms with van der Waals surface area (Å²) in [5.74, 6) is 0. The van der Waals surface area contributed by atoms with E-state index in [-0.39, 0.29) is 12.4 Å². The van der Waals surface area contributed by atoms with Crippen LogP contribution in [0.25, 0.3) is 0 Å². The largest absolute Gasteiger partial charge is 0.399 e. The molecule has 76 valence electrons. The summed E-state index contributed by atoms with van der Waals surface area (Å²) in [6.07, 6.45) is 4.90. The third-order valence-electron chi connectivity index (χ3n) is 3.15. The van der Waals surface area contributed by atoms with Crippen molar-refractivity contribution < 1.29 is 4.84 Å². The molecule has 4 heteroatoms. The number of hydrogen-bond acceptors (Lipinski definition) is 3. The molecule has 0 saturated carbocycles. The van der Waals surface area contributed by atoms with Crippen LogP contribution < -0.4 is 0 Å². The number of halogens is 1. The summed E-state index contributed by atoms with van der Waals surface area (Å²) in [5.41, 5.74) is 1.25. The van der Waals surface area contributed by atoms with E-state index in [4.69, 9.17) is 4.84 Å². The van der Waals surface area contributed by atoms with Crippen molar-refractivity contribution >= 4 is 18.1 Å². The van der Waals surface area contributed by atoms with Gasteiger partial charge in [-0.1, -0.05) is 5.16 Å². The molecule has 0 aromatic rings. The molecule has 0 amide bonds. The van der Waals surface area contributed by atoms with Gasteiger partial charge in [-0.25, -0.2) is 0 Å². The van der Waals surface area contributed by atoms with Gasteiger partial charge in [0, 0.05) is 24.9 Å². The van der Waals surface area contributed by atoms with Crippen LogP contribution >= 0.6 is 12.4 Å². The first-order valence-corrected chi connectivity index (χ1v) is 4.62. The molecule has 2 saturated heterocycles. The minimum Gasteiger partial charge on any atom is -0.399 e. The zero-order chi connectivity index (χ0) is 8.55. The van der Waals surface area contributed by atoms with E-state index in [1.54, 1.807) is 7.11 Å². The highest BCUT2D eigenvalue weighted by atomic mass is 35.5. The first-order chi connectivity index (χ1) is 5.81. The lowest BCUT2D eigenvalue weighted by Gasteiger charge is -2.31. The Hall–Kier alpha value is -0.280. The highest BCUT2D eigenvalue weighted by Gasteiger charge is 2.36. The van der Waals surface area contributed by atoms with Gasteiger partial charge in [0.1, 0.15) is 7.11 Å². The van der Waals surface area contributed by atoms with Crippen LogP contribution in [0.15, 0.2) is 5.16 Å². The highest BCUT2D eigenvalue weighted by Crippen LogP contribution is 2.32. The first-order valence-electron chi connectivity index (χ1n) is 4.62. The summed E-state index contributed by atoms with van der Waals surface area (Å²) in [7, 11) is 3.86. The molecule has 2 unspecified atom stereocenters. The number of fused-ring (bicyclic) bond motifs is 2. The van der Waals surface area contributed by atoms with Crippen LogP contribution in [0.4, 0.5) is 0 Å². The summed E-state index contributed by atoms with van der Waals surface area (Å²) in [5, 5.41) is 4.05. The van der Waals surface area contributed by atoms with E-state index in [1.807, 2.05) is 0 Å². The lowest BCUT2D eigenvalue weighted by molar-refractivity contribution is 0.195. The van der Waals surface area contributed by atoms with E-state index in [9.17, 15) is 0 Å². The predicted octanol–water partition coefficient (Wildman–Crippen LogP) is 1.67. The molecule has 0 spiro atoms. The topological polar surface area (TPSA) is 24.8 Å². The molecule has 0 aromatic heterocycles. The Morgan fingerprint density at radius 1 is 1.31 bits per heavy atom. The van der Waals surface area contributed by atoms with Gasteiger partial charge in [0.25, 0.3) is 0 Å². The fourth-order valence-electron chi connectivity index (χ4n) is 2.41. The molecule has 0 aliphatic carbocycles. The van der Waals surface area contributed by atoms with E-state index in [0.717, 1.165) is 24.9 Å². The average molecular weight is 205 g/mol. The Kier molecular flexibility index (Phi) is 3.56. The Bertz CT molecular complexity index is 192. The Balaban J connectivity index is 0.000000845. The predicted molar refractivity (Wildman–Crippen MR) is 55.5 cm³/mol. The molecule has 3 nitrogen and oxygen atoms in total. The summed E-state index contributed by atoms with van der Waals surface area (Å²) in [6, 6.07) is 1.47. The quantitative estimate of drug-likeness (QED) is 0.607. The van der Waals surface area contributed by atoms with E-state index in [0.29, 0.717) is 0 Å². The molecule has 2 heterocycles. The van der Waals surface area contributed by atoms with Crippen LogP contribution in [0, 0.1) is 0 Å². The van der Waals surface area contributed by atoms with Gasteiger partial charge in [0.15, 0.2) is 0 Å². The normalized spacial score (nSPS) is 32.6. The summed E-state index contributed by atoms with van der Waals surface area (Å²) >= 11 is 0. The molecule has 2 atom stereocenters. The maximum absolute atomic E-state index is 4.81. The van der Waals surface area contributed by atoms with E-state index < -0.39 is 0 Å². The van der Waals surface area contributed by atoms with Crippen LogP contribution in [0.1, 0.15) is 25.7 Å². The fraction of sp³-hybridized carbons (Fsp3) is 0.889. The van der Waals surface area contributed by atoms with E-state index in [1.165, 1.54) is 18.6 Å². The summed E-state index contributed by atoms with van der Waals surface area (Å²) in [6.45, 7) is 0. The average Bonchev–Trinajstić information content (AvgIpc) is 2.33. The van der Waals surface area contributed by atoms with Gasteiger partial charge in [-0.3, -0.25) is 4.90 Å². The van der Waals surface area contributed by atoms with Crippen molar-refractivity contribution in [2.75, 3.05) is 14.2 Å². The number of hydrogen-bond donors (Lipinski definition) is 0. The molecule has 2 rings (SSSR count). The van der Waals surface area contributed by atoms with Gasteiger partial charge < -0.3 is 4.84 Å². The zero-order valence-electron chi connectivity index (χ0n) is 8.19.